The van der Waals surface area contributed by atoms with Gasteiger partial charge in [-0.25, -0.2) is 0 Å². The summed E-state index contributed by atoms with van der Waals surface area (Å²) in [6, 6.07) is -0.0508. The Balaban J connectivity index is 1.38. The average Bonchev–Trinajstić information content (AvgIpc) is 3.20. The number of piperidine rings is 1. The Hall–Kier alpha value is -1.14. The molecule has 0 aromatic heterocycles. The highest BCUT2D eigenvalue weighted by atomic mass is 16.2. The van der Waals surface area contributed by atoms with Crippen LogP contribution in [0.5, 0.6) is 0 Å². The molecule has 6 nitrogen and oxygen atoms in total. The molecule has 1 unspecified atom stereocenters. The van der Waals surface area contributed by atoms with Crippen molar-refractivity contribution in [1.82, 2.24) is 20.0 Å². The van der Waals surface area contributed by atoms with Gasteiger partial charge in [-0.3, -0.25) is 14.5 Å². The maximum absolute atomic E-state index is 12.5. The van der Waals surface area contributed by atoms with E-state index in [1.165, 1.54) is 12.8 Å². The number of hydrogen-bond acceptors (Lipinski definition) is 4. The number of hydrogen-bond donors (Lipinski definition) is 1. The first-order valence-corrected chi connectivity index (χ1v) is 10.2. The third-order valence-electron chi connectivity index (χ3n) is 6.21. The summed E-state index contributed by atoms with van der Waals surface area (Å²) in [4.78, 5) is 31.3. The van der Waals surface area contributed by atoms with E-state index in [-0.39, 0.29) is 11.9 Å². The van der Waals surface area contributed by atoms with Crippen LogP contribution in [0.15, 0.2) is 0 Å². The van der Waals surface area contributed by atoms with Crippen molar-refractivity contribution in [3.05, 3.63) is 0 Å². The lowest BCUT2D eigenvalue weighted by molar-refractivity contribution is -0.138. The van der Waals surface area contributed by atoms with Crippen LogP contribution in [0, 0.1) is 5.92 Å². The molecule has 0 bridgehead atoms. The lowest BCUT2D eigenvalue weighted by Crippen LogP contribution is -2.55. The van der Waals surface area contributed by atoms with Crippen LogP contribution in [-0.4, -0.2) is 84.9 Å². The Labute approximate surface area is 151 Å². The van der Waals surface area contributed by atoms with Crippen LogP contribution in [0.3, 0.4) is 0 Å². The Morgan fingerprint density at radius 2 is 1.60 bits per heavy atom. The maximum atomic E-state index is 12.5. The van der Waals surface area contributed by atoms with E-state index in [4.69, 9.17) is 0 Å². The van der Waals surface area contributed by atoms with E-state index < -0.39 is 0 Å². The van der Waals surface area contributed by atoms with E-state index in [2.05, 4.69) is 10.2 Å². The smallest absolute Gasteiger partial charge is 0.239 e. The summed E-state index contributed by atoms with van der Waals surface area (Å²) in [6.45, 7) is 9.22. The molecule has 0 aromatic rings. The van der Waals surface area contributed by atoms with Gasteiger partial charge in [0.1, 0.15) is 0 Å². The van der Waals surface area contributed by atoms with Gasteiger partial charge in [-0.15, -0.1) is 0 Å². The van der Waals surface area contributed by atoms with Gasteiger partial charge in [-0.05, 0) is 58.0 Å². The van der Waals surface area contributed by atoms with Gasteiger partial charge in [0.2, 0.25) is 11.8 Å². The molecule has 0 aliphatic carbocycles. The number of carbonyl (C=O) groups is 2. The molecule has 142 valence electrons. The van der Waals surface area contributed by atoms with Crippen LogP contribution in [0.25, 0.3) is 0 Å². The number of amides is 2. The van der Waals surface area contributed by atoms with Crippen LogP contribution in [0.4, 0.5) is 0 Å². The van der Waals surface area contributed by atoms with Crippen LogP contribution in [0.2, 0.25) is 0 Å². The lowest BCUT2D eigenvalue weighted by atomic mass is 9.93. The predicted octanol–water partition coefficient (Wildman–Crippen LogP) is 0.921. The van der Waals surface area contributed by atoms with Crippen molar-refractivity contribution in [2.24, 2.45) is 5.92 Å². The molecule has 1 N–H and O–H groups in total. The van der Waals surface area contributed by atoms with Gasteiger partial charge < -0.3 is 15.1 Å². The first-order chi connectivity index (χ1) is 12.1. The molecule has 3 heterocycles. The second-order valence-electron chi connectivity index (χ2n) is 7.86. The van der Waals surface area contributed by atoms with Gasteiger partial charge in [0.25, 0.3) is 0 Å². The monoisotopic (exact) mass is 350 g/mol. The third kappa shape index (κ3) is 4.94. The minimum Gasteiger partial charge on any atom is -0.341 e. The van der Waals surface area contributed by atoms with Crippen LogP contribution in [0.1, 0.15) is 45.4 Å². The summed E-state index contributed by atoms with van der Waals surface area (Å²) in [6.07, 6.45) is 6.40. The predicted molar refractivity (Wildman–Crippen MR) is 98.3 cm³/mol. The standard InChI is InChI=1S/C19H34N4O2/c1-16(19(25)23-10-2-3-11-23)21-12-14-22(15-13-21)18(24)5-4-17-6-8-20-9-7-17/h16-17,20H,2-15H2,1H3. The highest BCUT2D eigenvalue weighted by Gasteiger charge is 2.31. The van der Waals surface area contributed by atoms with Gasteiger partial charge in [0, 0.05) is 45.7 Å². The Bertz CT molecular complexity index is 450. The Kier molecular flexibility index (Phi) is 6.70. The molecule has 3 aliphatic heterocycles. The molecule has 0 saturated carbocycles. The summed E-state index contributed by atoms with van der Waals surface area (Å²) in [5.41, 5.74) is 0. The number of rotatable bonds is 5. The number of nitrogens with zero attached hydrogens (tertiary/aromatic N) is 3. The molecule has 3 aliphatic rings. The second-order valence-corrected chi connectivity index (χ2v) is 7.86. The molecule has 0 aromatic carbocycles. The quantitative estimate of drug-likeness (QED) is 0.801. The fourth-order valence-electron chi connectivity index (χ4n) is 4.37. The van der Waals surface area contributed by atoms with Crippen LogP contribution < -0.4 is 5.32 Å². The zero-order valence-corrected chi connectivity index (χ0v) is 15.7. The molecular formula is C19H34N4O2. The van der Waals surface area contributed by atoms with E-state index in [0.717, 1.165) is 71.6 Å². The summed E-state index contributed by atoms with van der Waals surface area (Å²) in [5.74, 6) is 1.28. The van der Waals surface area contributed by atoms with Gasteiger partial charge in [0.15, 0.2) is 0 Å². The van der Waals surface area contributed by atoms with Crippen molar-refractivity contribution in [3.63, 3.8) is 0 Å². The van der Waals surface area contributed by atoms with Crippen molar-refractivity contribution in [2.75, 3.05) is 52.4 Å². The number of nitrogens with one attached hydrogen (secondary N) is 1. The van der Waals surface area contributed by atoms with E-state index in [9.17, 15) is 9.59 Å². The second kappa shape index (κ2) is 8.99. The molecule has 0 radical (unpaired) electrons. The van der Waals surface area contributed by atoms with Crippen LogP contribution in [-0.2, 0) is 9.59 Å². The molecule has 3 fully saturated rings. The number of piperazine rings is 1. The molecular weight excluding hydrogens is 316 g/mol. The summed E-state index contributed by atoms with van der Waals surface area (Å²) >= 11 is 0. The van der Waals surface area contributed by atoms with E-state index in [1.807, 2.05) is 16.7 Å². The first kappa shape index (κ1) is 18.6. The number of likely N-dealkylation sites (tertiary alicyclic amines) is 1. The van der Waals surface area contributed by atoms with Crippen molar-refractivity contribution in [3.8, 4) is 0 Å². The van der Waals surface area contributed by atoms with Crippen LogP contribution >= 0.6 is 0 Å². The fraction of sp³-hybridized carbons (Fsp3) is 0.895. The third-order valence-corrected chi connectivity index (χ3v) is 6.21. The zero-order valence-electron chi connectivity index (χ0n) is 15.7. The fourth-order valence-corrected chi connectivity index (χ4v) is 4.37. The largest absolute Gasteiger partial charge is 0.341 e. The van der Waals surface area contributed by atoms with E-state index in [1.54, 1.807) is 0 Å². The lowest BCUT2D eigenvalue weighted by Gasteiger charge is -2.38. The summed E-state index contributed by atoms with van der Waals surface area (Å²) < 4.78 is 0. The first-order valence-electron chi connectivity index (χ1n) is 10.2. The van der Waals surface area contributed by atoms with E-state index >= 15 is 0 Å². The van der Waals surface area contributed by atoms with Crippen molar-refractivity contribution < 1.29 is 9.59 Å². The normalized spacial score (nSPS) is 24.5. The molecule has 1 atom stereocenters. The SMILES string of the molecule is CC(C(=O)N1CCCC1)N1CCN(C(=O)CCC2CCNCC2)CC1. The highest BCUT2D eigenvalue weighted by molar-refractivity contribution is 5.81. The number of carbonyl (C=O) groups excluding carboxylic acids is 2. The van der Waals surface area contributed by atoms with Gasteiger partial charge in [0.05, 0.1) is 6.04 Å². The molecule has 25 heavy (non-hydrogen) atoms. The Morgan fingerprint density at radius 3 is 2.24 bits per heavy atom. The maximum Gasteiger partial charge on any atom is 0.239 e. The highest BCUT2D eigenvalue weighted by Crippen LogP contribution is 2.19. The van der Waals surface area contributed by atoms with Gasteiger partial charge in [-0.2, -0.15) is 0 Å². The molecule has 0 spiro atoms. The van der Waals surface area contributed by atoms with Crippen molar-refractivity contribution in [1.29, 1.82) is 0 Å². The zero-order chi connectivity index (χ0) is 17.6. The minimum absolute atomic E-state index is 0.0508. The summed E-state index contributed by atoms with van der Waals surface area (Å²) in [5, 5.41) is 3.38. The molecule has 3 rings (SSSR count). The van der Waals surface area contributed by atoms with Gasteiger partial charge in [-0.1, -0.05) is 0 Å². The average molecular weight is 351 g/mol. The topological polar surface area (TPSA) is 55.9 Å². The molecule has 6 heteroatoms. The van der Waals surface area contributed by atoms with Crippen molar-refractivity contribution in [2.45, 2.75) is 51.5 Å². The Morgan fingerprint density at radius 1 is 0.960 bits per heavy atom. The molecule has 2 amide bonds. The van der Waals surface area contributed by atoms with Gasteiger partial charge >= 0.3 is 0 Å². The minimum atomic E-state index is -0.0508. The van der Waals surface area contributed by atoms with E-state index in [0.29, 0.717) is 18.2 Å². The van der Waals surface area contributed by atoms with Crippen molar-refractivity contribution >= 4 is 11.8 Å². The summed E-state index contributed by atoms with van der Waals surface area (Å²) in [7, 11) is 0. The molecule has 3 saturated heterocycles.